The smallest absolute Gasteiger partial charge is 0.242 e. The minimum atomic E-state index is -3.52. The van der Waals surface area contributed by atoms with E-state index < -0.39 is 16.1 Å². The van der Waals surface area contributed by atoms with Gasteiger partial charge in [0.15, 0.2) is 0 Å². The number of carbonyl (C=O) groups is 2. The van der Waals surface area contributed by atoms with Crippen molar-refractivity contribution >= 4 is 27.5 Å². The van der Waals surface area contributed by atoms with Crippen molar-refractivity contribution in [2.75, 3.05) is 30.2 Å². The topological polar surface area (TPSA) is 86.8 Å². The van der Waals surface area contributed by atoms with Crippen molar-refractivity contribution in [1.29, 1.82) is 0 Å². The van der Waals surface area contributed by atoms with Crippen molar-refractivity contribution in [2.45, 2.75) is 72.3 Å². The number of amides is 2. The molecule has 0 radical (unpaired) electrons. The number of nitrogens with one attached hydrogen (secondary N) is 1. The Labute approximate surface area is 223 Å². The van der Waals surface area contributed by atoms with Gasteiger partial charge in [0, 0.05) is 26.1 Å². The molecule has 2 aromatic carbocycles. The minimum Gasteiger partial charge on any atom is -0.354 e. The zero-order valence-corrected chi connectivity index (χ0v) is 23.8. The van der Waals surface area contributed by atoms with Crippen LogP contribution < -0.4 is 9.62 Å². The molecule has 2 aromatic rings. The molecule has 204 valence electrons. The van der Waals surface area contributed by atoms with Crippen LogP contribution in [0, 0.1) is 13.8 Å². The molecule has 0 spiro atoms. The summed E-state index contributed by atoms with van der Waals surface area (Å²) in [6.45, 7) is 9.05. The Morgan fingerprint density at radius 2 is 1.65 bits per heavy atom. The maximum atomic E-state index is 13.5. The van der Waals surface area contributed by atoms with Gasteiger partial charge in [-0.1, -0.05) is 62.7 Å². The summed E-state index contributed by atoms with van der Waals surface area (Å²) < 4.78 is 26.6. The first-order valence-electron chi connectivity index (χ1n) is 13.2. The van der Waals surface area contributed by atoms with Crippen molar-refractivity contribution in [2.24, 2.45) is 0 Å². The summed E-state index contributed by atoms with van der Waals surface area (Å²) in [4.78, 5) is 28.1. The maximum Gasteiger partial charge on any atom is 0.242 e. The van der Waals surface area contributed by atoms with Crippen LogP contribution in [0.4, 0.5) is 5.69 Å². The Kier molecular flexibility index (Phi) is 12.1. The van der Waals surface area contributed by atoms with Gasteiger partial charge in [0.1, 0.15) is 6.04 Å². The highest BCUT2D eigenvalue weighted by molar-refractivity contribution is 7.92. The van der Waals surface area contributed by atoms with Crippen molar-refractivity contribution < 1.29 is 18.0 Å². The maximum absolute atomic E-state index is 13.5. The minimum absolute atomic E-state index is 0.134. The van der Waals surface area contributed by atoms with Gasteiger partial charge in [-0.05, 0) is 62.3 Å². The quantitative estimate of drug-likeness (QED) is 0.341. The van der Waals surface area contributed by atoms with E-state index in [-0.39, 0.29) is 24.8 Å². The first kappa shape index (κ1) is 30.4. The lowest BCUT2D eigenvalue weighted by Gasteiger charge is -2.31. The normalized spacial score (nSPS) is 12.1. The van der Waals surface area contributed by atoms with Gasteiger partial charge in [-0.2, -0.15) is 0 Å². The van der Waals surface area contributed by atoms with Gasteiger partial charge in [-0.25, -0.2) is 8.42 Å². The third-order valence-corrected chi connectivity index (χ3v) is 7.88. The Morgan fingerprint density at radius 1 is 0.946 bits per heavy atom. The molecule has 0 aliphatic carbocycles. The zero-order chi connectivity index (χ0) is 27.4. The molecule has 0 bridgehead atoms. The van der Waals surface area contributed by atoms with Gasteiger partial charge >= 0.3 is 0 Å². The average Bonchev–Trinajstić information content (AvgIpc) is 2.86. The lowest BCUT2D eigenvalue weighted by Crippen LogP contribution is -2.50. The molecule has 0 aliphatic heterocycles. The van der Waals surface area contributed by atoms with Crippen molar-refractivity contribution in [1.82, 2.24) is 10.2 Å². The third-order valence-electron chi connectivity index (χ3n) is 6.70. The van der Waals surface area contributed by atoms with Gasteiger partial charge in [0.2, 0.25) is 21.8 Å². The van der Waals surface area contributed by atoms with Gasteiger partial charge in [-0.3, -0.25) is 13.9 Å². The second-order valence-electron chi connectivity index (χ2n) is 9.55. The van der Waals surface area contributed by atoms with Gasteiger partial charge in [0.05, 0.1) is 11.9 Å². The lowest BCUT2D eigenvalue weighted by molar-refractivity contribution is -0.140. The van der Waals surface area contributed by atoms with Crippen molar-refractivity contribution in [3.8, 4) is 0 Å². The summed E-state index contributed by atoms with van der Waals surface area (Å²) in [6, 6.07) is 14.9. The van der Waals surface area contributed by atoms with Crippen LogP contribution in [0.3, 0.4) is 0 Å². The summed E-state index contributed by atoms with van der Waals surface area (Å²) in [5, 5.41) is 2.97. The molecule has 1 N–H and O–H groups in total. The van der Waals surface area contributed by atoms with E-state index in [2.05, 4.69) is 12.2 Å². The van der Waals surface area contributed by atoms with Crippen LogP contribution in [0.5, 0.6) is 0 Å². The predicted octanol–water partition coefficient (Wildman–Crippen LogP) is 4.62. The summed E-state index contributed by atoms with van der Waals surface area (Å²) in [7, 11) is -3.52. The number of benzene rings is 2. The van der Waals surface area contributed by atoms with Gasteiger partial charge in [0.25, 0.3) is 0 Å². The predicted molar refractivity (Wildman–Crippen MR) is 151 cm³/mol. The molecule has 2 rings (SSSR count). The van der Waals surface area contributed by atoms with E-state index in [1.54, 1.807) is 11.0 Å². The van der Waals surface area contributed by atoms with E-state index in [0.29, 0.717) is 38.0 Å². The van der Waals surface area contributed by atoms with Crippen LogP contribution in [0.15, 0.2) is 48.5 Å². The van der Waals surface area contributed by atoms with E-state index in [9.17, 15) is 18.0 Å². The average molecular weight is 530 g/mol. The standard InChI is InChI=1S/C29H43N3O4S/c1-6-8-20-30-29(34)26(7-2)31(22-19-25-15-10-9-11-16-25)28(33)18-13-21-32(37(5,35)36)27-17-12-14-23(3)24(27)4/h9-12,14-17,26H,6-8,13,18-22H2,1-5H3,(H,30,34)/t26-/m1/s1. The molecule has 0 saturated heterocycles. The SMILES string of the molecule is CCCCNC(=O)[C@@H](CC)N(CCc1ccccc1)C(=O)CCCN(c1cccc(C)c1C)S(C)(=O)=O. The molecular formula is C29H43N3O4S. The second-order valence-corrected chi connectivity index (χ2v) is 11.5. The van der Waals surface area contributed by atoms with Gasteiger partial charge < -0.3 is 10.2 Å². The number of nitrogens with zero attached hydrogens (tertiary/aromatic N) is 2. The lowest BCUT2D eigenvalue weighted by atomic mass is 10.1. The number of sulfonamides is 1. The Morgan fingerprint density at radius 3 is 2.27 bits per heavy atom. The summed E-state index contributed by atoms with van der Waals surface area (Å²) >= 11 is 0. The zero-order valence-electron chi connectivity index (χ0n) is 23.0. The third kappa shape index (κ3) is 9.18. The van der Waals surface area contributed by atoms with Crippen LogP contribution in [0.1, 0.15) is 62.6 Å². The second kappa shape index (κ2) is 14.8. The molecule has 1 atom stereocenters. The fourth-order valence-electron chi connectivity index (χ4n) is 4.39. The highest BCUT2D eigenvalue weighted by atomic mass is 32.2. The van der Waals surface area contributed by atoms with E-state index in [1.807, 2.05) is 63.2 Å². The Bertz CT molecular complexity index is 1120. The molecular weight excluding hydrogens is 486 g/mol. The largest absolute Gasteiger partial charge is 0.354 e. The molecule has 37 heavy (non-hydrogen) atoms. The number of rotatable bonds is 15. The molecule has 0 fully saturated rings. The summed E-state index contributed by atoms with van der Waals surface area (Å²) in [5.41, 5.74) is 3.64. The Balaban J connectivity index is 2.17. The van der Waals surface area contributed by atoms with Crippen LogP contribution in [0.2, 0.25) is 0 Å². The number of aryl methyl sites for hydroxylation is 1. The van der Waals surface area contributed by atoms with Crippen LogP contribution in [0.25, 0.3) is 0 Å². The van der Waals surface area contributed by atoms with E-state index in [1.165, 1.54) is 10.6 Å². The summed E-state index contributed by atoms with van der Waals surface area (Å²) in [6.07, 6.45) is 4.72. The van der Waals surface area contributed by atoms with E-state index in [0.717, 1.165) is 29.5 Å². The fourth-order valence-corrected chi connectivity index (χ4v) is 5.41. The van der Waals surface area contributed by atoms with Crippen LogP contribution in [-0.4, -0.2) is 57.1 Å². The monoisotopic (exact) mass is 529 g/mol. The summed E-state index contributed by atoms with van der Waals surface area (Å²) in [5.74, 6) is -0.270. The molecule has 8 heteroatoms. The number of hydrogen-bond donors (Lipinski definition) is 1. The van der Waals surface area contributed by atoms with Crippen molar-refractivity contribution in [3.63, 3.8) is 0 Å². The molecule has 2 amide bonds. The highest BCUT2D eigenvalue weighted by Gasteiger charge is 2.28. The van der Waals surface area contributed by atoms with E-state index >= 15 is 0 Å². The molecule has 0 heterocycles. The first-order chi connectivity index (χ1) is 17.6. The molecule has 7 nitrogen and oxygen atoms in total. The molecule has 0 aliphatic rings. The fraction of sp³-hybridized carbons (Fsp3) is 0.517. The molecule has 0 saturated carbocycles. The van der Waals surface area contributed by atoms with Crippen LogP contribution in [-0.2, 0) is 26.0 Å². The first-order valence-corrected chi connectivity index (χ1v) is 15.1. The number of hydrogen-bond acceptors (Lipinski definition) is 4. The number of anilines is 1. The van der Waals surface area contributed by atoms with E-state index in [4.69, 9.17) is 0 Å². The Hall–Kier alpha value is -2.87. The molecule has 0 unspecified atom stereocenters. The van der Waals surface area contributed by atoms with Gasteiger partial charge in [-0.15, -0.1) is 0 Å². The number of unbranched alkanes of at least 4 members (excludes halogenated alkanes) is 1. The number of carbonyl (C=O) groups excluding carboxylic acids is 2. The molecule has 0 aromatic heterocycles. The van der Waals surface area contributed by atoms with Crippen LogP contribution >= 0.6 is 0 Å². The highest BCUT2D eigenvalue weighted by Crippen LogP contribution is 2.25. The van der Waals surface area contributed by atoms with Crippen molar-refractivity contribution in [3.05, 3.63) is 65.2 Å².